The minimum atomic E-state index is -0.858. The van der Waals surface area contributed by atoms with E-state index < -0.39 is 5.54 Å². The molecule has 3 amide bonds. The van der Waals surface area contributed by atoms with Crippen LogP contribution >= 0.6 is 0 Å². The highest BCUT2D eigenvalue weighted by atomic mass is 16.6. The van der Waals surface area contributed by atoms with Gasteiger partial charge in [0.1, 0.15) is 18.8 Å². The van der Waals surface area contributed by atoms with Gasteiger partial charge >= 0.3 is 6.03 Å². The maximum Gasteiger partial charge on any atom is 0.315 e. The van der Waals surface area contributed by atoms with Crippen molar-refractivity contribution in [1.29, 1.82) is 0 Å². The fourth-order valence-electron chi connectivity index (χ4n) is 4.31. The van der Waals surface area contributed by atoms with E-state index >= 15 is 0 Å². The van der Waals surface area contributed by atoms with E-state index in [2.05, 4.69) is 10.6 Å². The number of benzene rings is 2. The number of nitrogens with one attached hydrogen (secondary N) is 2. The summed E-state index contributed by atoms with van der Waals surface area (Å²) in [6, 6.07) is 15.1. The Bertz CT molecular complexity index is 926. The van der Waals surface area contributed by atoms with E-state index in [0.717, 1.165) is 29.7 Å². The Labute approximate surface area is 182 Å². The zero-order valence-electron chi connectivity index (χ0n) is 17.9. The van der Waals surface area contributed by atoms with E-state index in [9.17, 15) is 9.59 Å². The minimum absolute atomic E-state index is 0.0604. The van der Waals surface area contributed by atoms with Crippen LogP contribution in [0.25, 0.3) is 0 Å². The lowest BCUT2D eigenvalue weighted by atomic mass is 9.95. The van der Waals surface area contributed by atoms with Crippen molar-refractivity contribution >= 4 is 11.9 Å². The first kappa shape index (κ1) is 21.0. The van der Waals surface area contributed by atoms with Gasteiger partial charge in [0.05, 0.1) is 0 Å². The molecule has 2 N–H and O–H groups in total. The molecule has 0 aromatic heterocycles. The molecule has 0 spiro atoms. The zero-order valence-corrected chi connectivity index (χ0v) is 17.9. The van der Waals surface area contributed by atoms with Gasteiger partial charge in [0, 0.05) is 20.1 Å². The lowest BCUT2D eigenvalue weighted by Gasteiger charge is -2.33. The quantitative estimate of drug-likeness (QED) is 0.748. The summed E-state index contributed by atoms with van der Waals surface area (Å²) in [6.07, 6.45) is 3.14. The molecule has 0 radical (unpaired) electrons. The van der Waals surface area contributed by atoms with E-state index in [0.29, 0.717) is 44.9 Å². The van der Waals surface area contributed by atoms with Crippen LogP contribution in [-0.2, 0) is 17.9 Å². The third-order valence-electron chi connectivity index (χ3n) is 5.89. The number of hydrogen-bond acceptors (Lipinski definition) is 4. The predicted octanol–water partition coefficient (Wildman–Crippen LogP) is 3.23. The molecule has 164 valence electrons. The van der Waals surface area contributed by atoms with Crippen LogP contribution < -0.4 is 20.1 Å². The Hall–Kier alpha value is -3.22. The van der Waals surface area contributed by atoms with Gasteiger partial charge in [0.15, 0.2) is 11.5 Å². The minimum Gasteiger partial charge on any atom is -0.486 e. The van der Waals surface area contributed by atoms with E-state index in [-0.39, 0.29) is 11.9 Å². The van der Waals surface area contributed by atoms with E-state index in [4.69, 9.17) is 9.47 Å². The number of carbonyl (C=O) groups is 2. The first-order valence-electron chi connectivity index (χ1n) is 10.8. The summed E-state index contributed by atoms with van der Waals surface area (Å²) in [7, 11) is 1.78. The Morgan fingerprint density at radius 3 is 2.42 bits per heavy atom. The number of nitrogens with zero attached hydrogens (tertiary/aromatic N) is 1. The van der Waals surface area contributed by atoms with Crippen molar-refractivity contribution in [1.82, 2.24) is 15.5 Å². The Balaban J connectivity index is 1.39. The van der Waals surface area contributed by atoms with Gasteiger partial charge in [-0.05, 0) is 36.1 Å². The van der Waals surface area contributed by atoms with Crippen LogP contribution in [0.3, 0.4) is 0 Å². The van der Waals surface area contributed by atoms with Crippen LogP contribution in [0.4, 0.5) is 4.79 Å². The molecule has 7 nitrogen and oxygen atoms in total. The monoisotopic (exact) mass is 423 g/mol. The average molecular weight is 424 g/mol. The van der Waals surface area contributed by atoms with E-state index in [1.165, 1.54) is 0 Å². The van der Waals surface area contributed by atoms with Crippen LogP contribution in [0.1, 0.15) is 36.8 Å². The highest BCUT2D eigenvalue weighted by molar-refractivity contribution is 5.91. The Morgan fingerprint density at radius 1 is 0.968 bits per heavy atom. The molecule has 0 atom stereocenters. The molecule has 2 aliphatic rings. The molecule has 0 unspecified atom stereocenters. The highest BCUT2D eigenvalue weighted by Crippen LogP contribution is 2.33. The van der Waals surface area contributed by atoms with Crippen LogP contribution in [0.5, 0.6) is 11.5 Å². The first-order valence-corrected chi connectivity index (χ1v) is 10.8. The Kier molecular flexibility index (Phi) is 6.30. The molecule has 1 aliphatic carbocycles. The number of fused-ring (bicyclic) bond motifs is 1. The van der Waals surface area contributed by atoms with Crippen LogP contribution in [0.15, 0.2) is 48.5 Å². The predicted molar refractivity (Wildman–Crippen MR) is 117 cm³/mol. The molecule has 31 heavy (non-hydrogen) atoms. The Morgan fingerprint density at radius 2 is 1.68 bits per heavy atom. The second kappa shape index (κ2) is 9.29. The molecule has 1 heterocycles. The number of hydrogen-bond donors (Lipinski definition) is 2. The lowest BCUT2D eigenvalue weighted by Crippen LogP contribution is -2.59. The maximum atomic E-state index is 13.4. The summed E-state index contributed by atoms with van der Waals surface area (Å²) < 4.78 is 11.2. The fraction of sp³-hybridized carbons (Fsp3) is 0.417. The second-order valence-electron chi connectivity index (χ2n) is 8.22. The molecular weight excluding hydrogens is 394 g/mol. The topological polar surface area (TPSA) is 79.9 Å². The molecule has 1 saturated carbocycles. The smallest absolute Gasteiger partial charge is 0.315 e. The van der Waals surface area contributed by atoms with Crippen molar-refractivity contribution in [2.24, 2.45) is 0 Å². The summed E-state index contributed by atoms with van der Waals surface area (Å²) >= 11 is 0. The van der Waals surface area contributed by atoms with Gasteiger partial charge < -0.3 is 25.0 Å². The van der Waals surface area contributed by atoms with Gasteiger partial charge in [0.2, 0.25) is 5.91 Å². The van der Waals surface area contributed by atoms with Crippen molar-refractivity contribution in [3.63, 3.8) is 0 Å². The number of urea groups is 1. The van der Waals surface area contributed by atoms with Crippen molar-refractivity contribution in [3.8, 4) is 11.5 Å². The van der Waals surface area contributed by atoms with Gasteiger partial charge in [-0.3, -0.25) is 4.79 Å². The standard InChI is InChI=1S/C24H29N3O4/c1-27(17-19-9-10-20-21(15-19)31-14-13-30-20)22(28)24(11-5-6-12-24)26-23(29)25-16-18-7-3-2-4-8-18/h2-4,7-10,15H,5-6,11-14,16-17H2,1H3,(H2,25,26,29). The largest absolute Gasteiger partial charge is 0.486 e. The third-order valence-corrected chi connectivity index (χ3v) is 5.89. The number of amides is 3. The summed E-state index contributed by atoms with van der Waals surface area (Å²) in [6.45, 7) is 1.93. The van der Waals surface area contributed by atoms with Crippen molar-refractivity contribution in [2.45, 2.75) is 44.3 Å². The normalized spacial score (nSPS) is 16.4. The van der Waals surface area contributed by atoms with Gasteiger partial charge in [-0.25, -0.2) is 4.79 Å². The molecular formula is C24H29N3O4. The zero-order chi connectivity index (χ0) is 21.7. The van der Waals surface area contributed by atoms with Gasteiger partial charge in [0.25, 0.3) is 0 Å². The van der Waals surface area contributed by atoms with Crippen molar-refractivity contribution in [3.05, 3.63) is 59.7 Å². The number of ether oxygens (including phenoxy) is 2. The lowest BCUT2D eigenvalue weighted by molar-refractivity contribution is -0.137. The second-order valence-corrected chi connectivity index (χ2v) is 8.22. The van der Waals surface area contributed by atoms with Crippen molar-refractivity contribution < 1.29 is 19.1 Å². The molecule has 7 heteroatoms. The first-order chi connectivity index (χ1) is 15.1. The molecule has 2 aromatic rings. The van der Waals surface area contributed by atoms with Gasteiger partial charge in [-0.2, -0.15) is 0 Å². The number of carbonyl (C=O) groups excluding carboxylic acids is 2. The van der Waals surface area contributed by atoms with Gasteiger partial charge in [-0.1, -0.05) is 49.2 Å². The molecule has 4 rings (SSSR count). The molecule has 2 aromatic carbocycles. The number of likely N-dealkylation sites (N-methyl/N-ethyl adjacent to an activating group) is 1. The average Bonchev–Trinajstić information content (AvgIpc) is 3.27. The SMILES string of the molecule is CN(Cc1ccc2c(c1)OCCO2)C(=O)C1(NC(=O)NCc2ccccc2)CCCC1. The van der Waals surface area contributed by atoms with E-state index in [1.54, 1.807) is 11.9 Å². The molecule has 0 saturated heterocycles. The summed E-state index contributed by atoms with van der Waals surface area (Å²) in [5.41, 5.74) is 1.12. The van der Waals surface area contributed by atoms with Gasteiger partial charge in [-0.15, -0.1) is 0 Å². The highest BCUT2D eigenvalue weighted by Gasteiger charge is 2.44. The fourth-order valence-corrected chi connectivity index (χ4v) is 4.31. The summed E-state index contributed by atoms with van der Waals surface area (Å²) in [4.78, 5) is 27.7. The van der Waals surface area contributed by atoms with E-state index in [1.807, 2.05) is 48.5 Å². The summed E-state index contributed by atoms with van der Waals surface area (Å²) in [5, 5.41) is 5.87. The van der Waals surface area contributed by atoms with Crippen LogP contribution in [0.2, 0.25) is 0 Å². The summed E-state index contributed by atoms with van der Waals surface area (Å²) in [5.74, 6) is 1.38. The van der Waals surface area contributed by atoms with Crippen LogP contribution in [-0.4, -0.2) is 42.6 Å². The van der Waals surface area contributed by atoms with Crippen LogP contribution in [0, 0.1) is 0 Å². The maximum absolute atomic E-state index is 13.4. The molecule has 0 bridgehead atoms. The molecule has 1 fully saturated rings. The van der Waals surface area contributed by atoms with Crippen molar-refractivity contribution in [2.75, 3.05) is 20.3 Å². The molecule has 1 aliphatic heterocycles. The number of rotatable bonds is 6. The third kappa shape index (κ3) is 4.93.